The Morgan fingerprint density at radius 1 is 0.970 bits per heavy atom. The third-order valence-corrected chi connectivity index (χ3v) is 5.42. The zero-order valence-corrected chi connectivity index (χ0v) is 18.4. The number of benzene rings is 2. The lowest BCUT2D eigenvalue weighted by atomic mass is 10.1. The molecule has 2 aromatic carbocycles. The molecular formula is C24H24N8O. The first kappa shape index (κ1) is 20.5. The first-order valence-electron chi connectivity index (χ1n) is 10.7. The molecule has 0 bridgehead atoms. The number of methoxy groups -OCH3 is 1. The molecule has 5 rings (SSSR count). The van der Waals surface area contributed by atoms with Gasteiger partial charge < -0.3 is 15.8 Å². The number of hydrogen-bond acceptors (Lipinski definition) is 7. The number of anilines is 2. The van der Waals surface area contributed by atoms with E-state index >= 15 is 0 Å². The number of nitrogen functional groups attached to an aromatic ring is 1. The Labute approximate surface area is 190 Å². The first-order valence-corrected chi connectivity index (χ1v) is 10.7. The Morgan fingerprint density at radius 2 is 1.76 bits per heavy atom. The van der Waals surface area contributed by atoms with E-state index in [2.05, 4.69) is 15.4 Å². The predicted molar refractivity (Wildman–Crippen MR) is 128 cm³/mol. The van der Waals surface area contributed by atoms with Crippen molar-refractivity contribution in [2.45, 2.75) is 20.0 Å². The van der Waals surface area contributed by atoms with Gasteiger partial charge in [-0.05, 0) is 30.2 Å². The predicted octanol–water partition coefficient (Wildman–Crippen LogP) is 3.90. The van der Waals surface area contributed by atoms with Crippen LogP contribution in [0.15, 0.2) is 67.0 Å². The van der Waals surface area contributed by atoms with Gasteiger partial charge in [0.1, 0.15) is 5.75 Å². The van der Waals surface area contributed by atoms with Crippen molar-refractivity contribution in [2.24, 2.45) is 0 Å². The van der Waals surface area contributed by atoms with E-state index in [4.69, 9.17) is 20.4 Å². The highest BCUT2D eigenvalue weighted by atomic mass is 16.5. The van der Waals surface area contributed by atoms with Gasteiger partial charge in [-0.2, -0.15) is 15.1 Å². The smallest absolute Gasteiger partial charge is 0.233 e. The SMILES string of the molecule is CCn1c(-n2cc(-c3ccc(OC)cc3)cn2)nc2c(N)nc(NCc3ccccc3)nc21. The number of aryl methyl sites for hydroxylation is 1. The summed E-state index contributed by atoms with van der Waals surface area (Å²) in [6.45, 7) is 3.29. The van der Waals surface area contributed by atoms with Crippen LogP contribution in [-0.4, -0.2) is 36.4 Å². The zero-order chi connectivity index (χ0) is 22.8. The third-order valence-electron chi connectivity index (χ3n) is 5.42. The van der Waals surface area contributed by atoms with E-state index in [-0.39, 0.29) is 0 Å². The van der Waals surface area contributed by atoms with Crippen molar-refractivity contribution in [3.05, 3.63) is 72.6 Å². The molecule has 0 saturated heterocycles. The van der Waals surface area contributed by atoms with E-state index in [1.807, 2.05) is 78.5 Å². The van der Waals surface area contributed by atoms with Gasteiger partial charge in [-0.3, -0.25) is 4.57 Å². The molecule has 0 fully saturated rings. The number of aromatic nitrogens is 6. The molecule has 3 heterocycles. The highest BCUT2D eigenvalue weighted by Gasteiger charge is 2.18. The lowest BCUT2D eigenvalue weighted by Crippen LogP contribution is -2.08. The summed E-state index contributed by atoms with van der Waals surface area (Å²) in [6, 6.07) is 17.9. The quantitative estimate of drug-likeness (QED) is 0.395. The van der Waals surface area contributed by atoms with Gasteiger partial charge in [0.15, 0.2) is 17.0 Å². The van der Waals surface area contributed by atoms with E-state index in [9.17, 15) is 0 Å². The molecule has 0 aliphatic rings. The van der Waals surface area contributed by atoms with Gasteiger partial charge in [0.2, 0.25) is 11.9 Å². The highest BCUT2D eigenvalue weighted by Crippen LogP contribution is 2.26. The highest BCUT2D eigenvalue weighted by molar-refractivity contribution is 5.84. The minimum absolute atomic E-state index is 0.326. The Morgan fingerprint density at radius 3 is 2.48 bits per heavy atom. The van der Waals surface area contributed by atoms with Crippen LogP contribution in [0.4, 0.5) is 11.8 Å². The first-order chi connectivity index (χ1) is 16.2. The summed E-state index contributed by atoms with van der Waals surface area (Å²) in [4.78, 5) is 13.8. The van der Waals surface area contributed by atoms with Crippen molar-refractivity contribution in [1.82, 2.24) is 29.3 Å². The summed E-state index contributed by atoms with van der Waals surface area (Å²) in [6.07, 6.45) is 3.75. The number of rotatable bonds is 7. The van der Waals surface area contributed by atoms with Crippen molar-refractivity contribution in [1.29, 1.82) is 0 Å². The van der Waals surface area contributed by atoms with Gasteiger partial charge in [-0.15, -0.1) is 0 Å². The van der Waals surface area contributed by atoms with Gasteiger partial charge in [0.05, 0.1) is 13.3 Å². The fourth-order valence-corrected chi connectivity index (χ4v) is 3.70. The minimum atomic E-state index is 0.326. The second-order valence-electron chi connectivity index (χ2n) is 7.50. The summed E-state index contributed by atoms with van der Waals surface area (Å²) in [7, 11) is 1.65. The molecule has 0 amide bonds. The topological polar surface area (TPSA) is 109 Å². The van der Waals surface area contributed by atoms with Gasteiger partial charge in [-0.25, -0.2) is 9.67 Å². The van der Waals surface area contributed by atoms with Crippen LogP contribution in [0.1, 0.15) is 12.5 Å². The maximum atomic E-state index is 6.26. The molecule has 0 aliphatic heterocycles. The Balaban J connectivity index is 1.48. The third kappa shape index (κ3) is 3.96. The fraction of sp³-hybridized carbons (Fsp3) is 0.167. The average Bonchev–Trinajstić information content (AvgIpc) is 3.48. The molecular weight excluding hydrogens is 416 g/mol. The van der Waals surface area contributed by atoms with Crippen LogP contribution in [0.5, 0.6) is 5.75 Å². The number of ether oxygens (including phenoxy) is 1. The van der Waals surface area contributed by atoms with Crippen molar-refractivity contribution >= 4 is 22.9 Å². The Kier molecular flexibility index (Phi) is 5.35. The van der Waals surface area contributed by atoms with Crippen molar-refractivity contribution in [3.63, 3.8) is 0 Å². The van der Waals surface area contributed by atoms with Gasteiger partial charge in [-0.1, -0.05) is 42.5 Å². The molecule has 0 aliphatic carbocycles. The molecule has 3 N–H and O–H groups in total. The van der Waals surface area contributed by atoms with E-state index in [0.717, 1.165) is 22.4 Å². The van der Waals surface area contributed by atoms with Crippen LogP contribution in [0.25, 0.3) is 28.2 Å². The second-order valence-corrected chi connectivity index (χ2v) is 7.50. The second kappa shape index (κ2) is 8.62. The monoisotopic (exact) mass is 440 g/mol. The number of fused-ring (bicyclic) bond motifs is 1. The maximum absolute atomic E-state index is 6.26. The summed E-state index contributed by atoms with van der Waals surface area (Å²) in [5.74, 6) is 2.23. The zero-order valence-electron chi connectivity index (χ0n) is 18.4. The van der Waals surface area contributed by atoms with Crippen LogP contribution >= 0.6 is 0 Å². The summed E-state index contributed by atoms with van der Waals surface area (Å²) in [5.41, 5.74) is 10.6. The summed E-state index contributed by atoms with van der Waals surface area (Å²) < 4.78 is 8.96. The Hall–Kier alpha value is -4.40. The number of nitrogens with one attached hydrogen (secondary N) is 1. The number of hydrogen-bond donors (Lipinski definition) is 2. The van der Waals surface area contributed by atoms with E-state index in [1.165, 1.54) is 0 Å². The largest absolute Gasteiger partial charge is 0.497 e. The van der Waals surface area contributed by atoms with Crippen molar-refractivity contribution in [2.75, 3.05) is 18.2 Å². The standard InChI is InChI=1S/C24H24N8O/c1-3-31-22-20(21(25)29-23(30-22)26-13-16-7-5-4-6-8-16)28-24(31)32-15-18(14-27-32)17-9-11-19(33-2)12-10-17/h4-12,14-15H,3,13H2,1-2H3,(H3,25,26,29,30). The number of nitrogens with zero attached hydrogens (tertiary/aromatic N) is 6. The molecule has 0 saturated carbocycles. The molecule has 0 spiro atoms. The molecule has 33 heavy (non-hydrogen) atoms. The molecule has 0 atom stereocenters. The lowest BCUT2D eigenvalue weighted by Gasteiger charge is -2.08. The average molecular weight is 441 g/mol. The van der Waals surface area contributed by atoms with Crippen LogP contribution in [0.3, 0.4) is 0 Å². The van der Waals surface area contributed by atoms with Crippen LogP contribution < -0.4 is 15.8 Å². The van der Waals surface area contributed by atoms with E-state index in [0.29, 0.717) is 42.0 Å². The molecule has 166 valence electrons. The number of nitrogens with two attached hydrogens (primary N) is 1. The molecule has 3 aromatic heterocycles. The molecule has 0 unspecified atom stereocenters. The van der Waals surface area contributed by atoms with Gasteiger partial charge in [0, 0.05) is 24.8 Å². The summed E-state index contributed by atoms with van der Waals surface area (Å²) in [5, 5.41) is 7.79. The van der Waals surface area contributed by atoms with Crippen molar-refractivity contribution in [3.8, 4) is 22.8 Å². The van der Waals surface area contributed by atoms with Crippen LogP contribution in [0.2, 0.25) is 0 Å². The van der Waals surface area contributed by atoms with Gasteiger partial charge >= 0.3 is 0 Å². The molecule has 0 radical (unpaired) electrons. The summed E-state index contributed by atoms with van der Waals surface area (Å²) >= 11 is 0. The van der Waals surface area contributed by atoms with E-state index in [1.54, 1.807) is 11.8 Å². The normalized spacial score (nSPS) is 11.1. The molecule has 9 nitrogen and oxygen atoms in total. The fourth-order valence-electron chi connectivity index (χ4n) is 3.70. The Bertz CT molecular complexity index is 1390. The maximum Gasteiger partial charge on any atom is 0.233 e. The minimum Gasteiger partial charge on any atom is -0.497 e. The number of imidazole rings is 1. The van der Waals surface area contributed by atoms with Crippen LogP contribution in [0, 0.1) is 0 Å². The van der Waals surface area contributed by atoms with Crippen molar-refractivity contribution < 1.29 is 4.74 Å². The molecule has 5 aromatic rings. The van der Waals surface area contributed by atoms with E-state index < -0.39 is 0 Å². The molecule has 9 heteroatoms. The lowest BCUT2D eigenvalue weighted by molar-refractivity contribution is 0.415. The van der Waals surface area contributed by atoms with Crippen LogP contribution in [-0.2, 0) is 13.1 Å². The van der Waals surface area contributed by atoms with Gasteiger partial charge in [0.25, 0.3) is 0 Å².